The number of piperidine rings is 1. The molecule has 0 spiro atoms. The van der Waals surface area contributed by atoms with E-state index < -0.39 is 0 Å². The topological polar surface area (TPSA) is 24.5 Å². The molecule has 2 fully saturated rings. The van der Waals surface area contributed by atoms with Crippen LogP contribution in [0.3, 0.4) is 0 Å². The van der Waals surface area contributed by atoms with Gasteiger partial charge in [0.25, 0.3) is 0 Å². The smallest absolute Gasteiger partial charge is 0.0619 e. The fourth-order valence-corrected chi connectivity index (χ4v) is 3.70. The van der Waals surface area contributed by atoms with E-state index in [1.165, 1.54) is 38.6 Å². The van der Waals surface area contributed by atoms with E-state index in [2.05, 4.69) is 31.0 Å². The summed E-state index contributed by atoms with van der Waals surface area (Å²) in [5.74, 6) is 0. The van der Waals surface area contributed by atoms with Crippen molar-refractivity contribution in [3.05, 3.63) is 0 Å². The van der Waals surface area contributed by atoms with Gasteiger partial charge >= 0.3 is 0 Å². The summed E-state index contributed by atoms with van der Waals surface area (Å²) in [6.07, 6.45) is 6.71. The van der Waals surface area contributed by atoms with Crippen LogP contribution in [0.1, 0.15) is 52.9 Å². The van der Waals surface area contributed by atoms with Crippen molar-refractivity contribution in [3.8, 4) is 0 Å². The third-order valence-electron chi connectivity index (χ3n) is 4.53. The van der Waals surface area contributed by atoms with Gasteiger partial charge in [0.2, 0.25) is 0 Å². The molecule has 2 heterocycles. The number of fused-ring (bicyclic) bond motifs is 2. The van der Waals surface area contributed by atoms with Crippen molar-refractivity contribution in [3.63, 3.8) is 0 Å². The number of nitrogens with one attached hydrogen (secondary N) is 1. The van der Waals surface area contributed by atoms with Gasteiger partial charge in [-0.15, -0.1) is 0 Å². The third-order valence-corrected chi connectivity index (χ3v) is 4.53. The zero-order chi connectivity index (χ0) is 13.0. The zero-order valence-corrected chi connectivity index (χ0v) is 12.3. The van der Waals surface area contributed by atoms with Crippen LogP contribution in [0.2, 0.25) is 0 Å². The number of rotatable bonds is 7. The second-order valence-corrected chi connectivity index (χ2v) is 6.01. The van der Waals surface area contributed by atoms with Gasteiger partial charge in [0.1, 0.15) is 0 Å². The molecule has 2 aliphatic heterocycles. The molecule has 2 bridgehead atoms. The maximum absolute atomic E-state index is 5.63. The highest BCUT2D eigenvalue weighted by molar-refractivity contribution is 4.96. The summed E-state index contributed by atoms with van der Waals surface area (Å²) in [6, 6.07) is 2.91. The zero-order valence-electron chi connectivity index (χ0n) is 12.3. The minimum atomic E-state index is 0.562. The Morgan fingerprint density at radius 2 is 1.89 bits per heavy atom. The lowest BCUT2D eigenvalue weighted by Gasteiger charge is -2.41. The van der Waals surface area contributed by atoms with Crippen LogP contribution < -0.4 is 5.32 Å². The molecule has 2 rings (SSSR count). The summed E-state index contributed by atoms with van der Waals surface area (Å²) in [5.41, 5.74) is 0. The Balaban J connectivity index is 1.91. The van der Waals surface area contributed by atoms with Gasteiger partial charge in [-0.1, -0.05) is 6.92 Å². The summed E-state index contributed by atoms with van der Waals surface area (Å²) in [7, 11) is 0. The van der Waals surface area contributed by atoms with Crippen LogP contribution in [0.4, 0.5) is 0 Å². The summed E-state index contributed by atoms with van der Waals surface area (Å²) in [6.45, 7) is 9.64. The molecular formula is C15H30N2O. The Labute approximate surface area is 112 Å². The van der Waals surface area contributed by atoms with Crippen LogP contribution in [-0.4, -0.2) is 48.8 Å². The lowest BCUT2D eigenvalue weighted by Crippen LogP contribution is -2.52. The first-order chi connectivity index (χ1) is 8.74. The van der Waals surface area contributed by atoms with Crippen LogP contribution in [0.5, 0.6) is 0 Å². The van der Waals surface area contributed by atoms with Crippen molar-refractivity contribution in [2.45, 2.75) is 77.0 Å². The monoisotopic (exact) mass is 254 g/mol. The summed E-state index contributed by atoms with van der Waals surface area (Å²) >= 11 is 0. The molecule has 3 atom stereocenters. The summed E-state index contributed by atoms with van der Waals surface area (Å²) in [4.78, 5) is 2.71. The van der Waals surface area contributed by atoms with Crippen LogP contribution in [-0.2, 0) is 4.74 Å². The van der Waals surface area contributed by atoms with E-state index in [1.807, 2.05) is 0 Å². The average molecular weight is 254 g/mol. The van der Waals surface area contributed by atoms with E-state index in [9.17, 15) is 0 Å². The van der Waals surface area contributed by atoms with E-state index in [1.54, 1.807) is 0 Å². The Morgan fingerprint density at radius 1 is 1.22 bits per heavy atom. The number of nitrogens with zero attached hydrogens (tertiary/aromatic N) is 1. The predicted octanol–water partition coefficient (Wildman–Crippen LogP) is 2.41. The molecular weight excluding hydrogens is 224 g/mol. The fourth-order valence-electron chi connectivity index (χ4n) is 3.70. The van der Waals surface area contributed by atoms with Crippen molar-refractivity contribution < 1.29 is 4.74 Å². The molecule has 0 aromatic heterocycles. The quantitative estimate of drug-likeness (QED) is 0.755. The fraction of sp³-hybridized carbons (Fsp3) is 1.00. The molecule has 0 radical (unpaired) electrons. The highest BCUT2D eigenvalue weighted by Gasteiger charge is 2.36. The first kappa shape index (κ1) is 14.3. The van der Waals surface area contributed by atoms with Crippen LogP contribution in [0.15, 0.2) is 0 Å². The van der Waals surface area contributed by atoms with E-state index in [0.717, 1.165) is 31.3 Å². The molecule has 0 aromatic carbocycles. The first-order valence-electron chi connectivity index (χ1n) is 7.84. The average Bonchev–Trinajstić information content (AvgIpc) is 2.72. The molecule has 0 aliphatic carbocycles. The SMILES string of the molecule is CCCN(C(C)COCC)C1CC2CCC(C1)N2. The number of hydrogen-bond acceptors (Lipinski definition) is 3. The minimum Gasteiger partial charge on any atom is -0.380 e. The van der Waals surface area contributed by atoms with E-state index in [-0.39, 0.29) is 0 Å². The molecule has 0 aromatic rings. The Morgan fingerprint density at radius 3 is 2.44 bits per heavy atom. The summed E-state index contributed by atoms with van der Waals surface area (Å²) in [5, 5.41) is 3.74. The Kier molecular flexibility index (Phi) is 5.46. The second-order valence-electron chi connectivity index (χ2n) is 6.01. The van der Waals surface area contributed by atoms with Crippen molar-refractivity contribution in [2.75, 3.05) is 19.8 Å². The molecule has 106 valence electrons. The van der Waals surface area contributed by atoms with Crippen LogP contribution >= 0.6 is 0 Å². The third kappa shape index (κ3) is 3.46. The molecule has 2 aliphatic rings. The van der Waals surface area contributed by atoms with Crippen molar-refractivity contribution in [1.82, 2.24) is 10.2 Å². The predicted molar refractivity (Wildman–Crippen MR) is 75.9 cm³/mol. The Bertz CT molecular complexity index is 235. The molecule has 3 heteroatoms. The highest BCUT2D eigenvalue weighted by atomic mass is 16.5. The van der Waals surface area contributed by atoms with Crippen molar-refractivity contribution in [2.24, 2.45) is 0 Å². The molecule has 2 saturated heterocycles. The first-order valence-corrected chi connectivity index (χ1v) is 7.84. The van der Waals surface area contributed by atoms with Gasteiger partial charge in [-0.25, -0.2) is 0 Å². The van der Waals surface area contributed by atoms with Gasteiger partial charge in [-0.2, -0.15) is 0 Å². The van der Waals surface area contributed by atoms with Crippen molar-refractivity contribution >= 4 is 0 Å². The second kappa shape index (κ2) is 6.88. The van der Waals surface area contributed by atoms with E-state index in [0.29, 0.717) is 6.04 Å². The van der Waals surface area contributed by atoms with Gasteiger partial charge in [0, 0.05) is 30.8 Å². The highest BCUT2D eigenvalue weighted by Crippen LogP contribution is 2.30. The summed E-state index contributed by atoms with van der Waals surface area (Å²) < 4.78 is 5.63. The maximum atomic E-state index is 5.63. The standard InChI is InChI=1S/C15H30N2O/c1-4-8-17(12(3)11-18-5-2)15-9-13-6-7-14(10-15)16-13/h12-16H,4-11H2,1-3H3. The van der Waals surface area contributed by atoms with Gasteiger partial charge in [-0.05, 0) is 52.5 Å². The molecule has 3 nitrogen and oxygen atoms in total. The van der Waals surface area contributed by atoms with Crippen molar-refractivity contribution in [1.29, 1.82) is 0 Å². The van der Waals surface area contributed by atoms with E-state index >= 15 is 0 Å². The van der Waals surface area contributed by atoms with Crippen LogP contribution in [0, 0.1) is 0 Å². The minimum absolute atomic E-state index is 0.562. The van der Waals surface area contributed by atoms with Gasteiger partial charge < -0.3 is 10.1 Å². The number of hydrogen-bond donors (Lipinski definition) is 1. The lowest BCUT2D eigenvalue weighted by atomic mass is 9.96. The molecule has 0 saturated carbocycles. The van der Waals surface area contributed by atoms with Gasteiger partial charge in [-0.3, -0.25) is 4.90 Å². The van der Waals surface area contributed by atoms with Crippen LogP contribution in [0.25, 0.3) is 0 Å². The molecule has 18 heavy (non-hydrogen) atoms. The maximum Gasteiger partial charge on any atom is 0.0619 e. The molecule has 1 N–H and O–H groups in total. The number of ether oxygens (including phenoxy) is 1. The largest absolute Gasteiger partial charge is 0.380 e. The lowest BCUT2D eigenvalue weighted by molar-refractivity contribution is 0.0357. The van der Waals surface area contributed by atoms with Gasteiger partial charge in [0.15, 0.2) is 0 Å². The molecule has 0 amide bonds. The van der Waals surface area contributed by atoms with Gasteiger partial charge in [0.05, 0.1) is 6.61 Å². The molecule has 3 unspecified atom stereocenters. The Hall–Kier alpha value is -0.120. The normalized spacial score (nSPS) is 33.0. The van der Waals surface area contributed by atoms with E-state index in [4.69, 9.17) is 4.74 Å².